The van der Waals surface area contributed by atoms with Crippen molar-refractivity contribution in [3.8, 4) is 11.5 Å². The summed E-state index contributed by atoms with van der Waals surface area (Å²) >= 11 is 6.83. The molecule has 3 N–H and O–H groups in total. The van der Waals surface area contributed by atoms with Gasteiger partial charge in [0.1, 0.15) is 46.5 Å². The Kier molecular flexibility index (Phi) is 21.9. The van der Waals surface area contributed by atoms with E-state index in [4.69, 9.17) is 44.9 Å². The molecule has 3 fully saturated rings. The van der Waals surface area contributed by atoms with Crippen LogP contribution < -0.4 is 25.1 Å². The fraction of sp³-hybridized carbons (Fsp3) is 0.554. The SMILES string of the molecule is COc1cc2cc(c1Cl)N(C)C(=O)C[C@H](OC(=O)[C@H](C)N(C)C(=O)CCSSC(C)(C)CC(=O)N/N=C(\C)c1ccc(OCCCC(=O)ON3C(=O)CCC3=O)cc1)C1(C)O[C@H]1[C@H](C)[C@@H]1C[C@@](O)(NC(=O)O1)[C@H](OC)/C=C/C=C(\C)C2. The number of anilines is 1. The van der Waals surface area contributed by atoms with Crippen molar-refractivity contribution in [3.63, 3.8) is 0 Å². The zero-order valence-electron chi connectivity index (χ0n) is 47.5. The Balaban J connectivity index is 1.02. The number of ether oxygens (including phenoxy) is 6. The number of halogens is 1. The first-order valence-corrected chi connectivity index (χ1v) is 29.2. The maximum absolute atomic E-state index is 14.4. The largest absolute Gasteiger partial charge is 0.495 e. The van der Waals surface area contributed by atoms with Gasteiger partial charge in [-0.05, 0) is 102 Å². The Bertz CT molecular complexity index is 2780. The molecule has 25 heteroatoms. The molecule has 6 rings (SSSR count). The van der Waals surface area contributed by atoms with E-state index in [0.29, 0.717) is 46.6 Å². The first-order valence-electron chi connectivity index (χ1n) is 26.5. The highest BCUT2D eigenvalue weighted by atomic mass is 35.5. The predicted molar refractivity (Wildman–Crippen MR) is 303 cm³/mol. The Morgan fingerprint density at radius 1 is 1.06 bits per heavy atom. The van der Waals surface area contributed by atoms with Crippen LogP contribution in [0.1, 0.15) is 111 Å². The number of amides is 6. The van der Waals surface area contributed by atoms with Crippen LogP contribution in [-0.4, -0.2) is 156 Å². The summed E-state index contributed by atoms with van der Waals surface area (Å²) in [5.41, 5.74) is 2.73. The number of hydrogen-bond donors (Lipinski definition) is 3. The van der Waals surface area contributed by atoms with Crippen molar-refractivity contribution in [1.82, 2.24) is 20.7 Å². The minimum Gasteiger partial charge on any atom is -0.495 e. The summed E-state index contributed by atoms with van der Waals surface area (Å²) in [4.78, 5) is 111. The molecule has 4 aliphatic heterocycles. The van der Waals surface area contributed by atoms with E-state index >= 15 is 0 Å². The topological polar surface area (TPSA) is 271 Å². The molecular formula is C56H73ClN6O16S2. The van der Waals surface area contributed by atoms with Gasteiger partial charge < -0.3 is 48.2 Å². The third kappa shape index (κ3) is 16.7. The molecule has 8 atom stereocenters. The van der Waals surface area contributed by atoms with Gasteiger partial charge in [-0.2, -0.15) is 5.10 Å². The fourth-order valence-electron chi connectivity index (χ4n) is 9.40. The number of fused-ring (bicyclic) bond motifs is 5. The number of likely N-dealkylation sites (N-methyl/N-ethyl adjacent to an activating group) is 1. The first kappa shape index (κ1) is 64.0. The maximum Gasteiger partial charge on any atom is 0.409 e. The lowest BCUT2D eigenvalue weighted by Crippen LogP contribution is -2.63. The highest BCUT2D eigenvalue weighted by Crippen LogP contribution is 2.49. The van der Waals surface area contributed by atoms with Gasteiger partial charge in [0.2, 0.25) is 17.7 Å². The van der Waals surface area contributed by atoms with E-state index in [9.17, 15) is 43.5 Å². The molecule has 442 valence electrons. The number of aliphatic hydroxyl groups is 1. The number of carbonyl (C=O) groups is 8. The number of nitrogens with zero attached hydrogens (tertiary/aromatic N) is 4. The third-order valence-corrected chi connectivity index (χ3v) is 18.1. The molecule has 3 saturated heterocycles. The molecule has 6 amide bonds. The number of alkyl carbamates (subject to hydrolysis) is 1. The number of rotatable bonds is 20. The number of hydroxylamine groups is 2. The average molecular weight is 1190 g/mol. The Labute approximate surface area is 484 Å². The standard InChI is InChI=1S/C56H73ClN6O16S2/c1-32-14-12-15-42(74-11)56(72)30-41(76-53(71)58-56)33(2)51-55(7,78-51)43(29-48(68)62(9)39-27-36(26-32)28-40(73-10)50(39)57)77-52(70)35(4)61(8)45(65)23-25-80-81-54(5,6)31-44(64)60-59-34(3)37-17-19-38(20-18-37)75-24-13-16-49(69)79-63-46(66)21-22-47(63)67/h12,14-15,17-20,27-28,33,35,41-43,51,72H,13,16,21-26,29-31H2,1-11H3,(H,58,71)(H,60,64)/b15-12+,32-14+,59-34+/t33-,35+,41+,42-,43+,51+,55?,56+/m1/s1. The van der Waals surface area contributed by atoms with Crippen molar-refractivity contribution < 1.29 is 76.7 Å². The van der Waals surface area contributed by atoms with Gasteiger partial charge in [0, 0.05) is 69.7 Å². The van der Waals surface area contributed by atoms with Gasteiger partial charge in [-0.1, -0.05) is 63.9 Å². The molecule has 0 saturated carbocycles. The van der Waals surface area contributed by atoms with Gasteiger partial charge in [0.25, 0.3) is 11.8 Å². The lowest BCUT2D eigenvalue weighted by atomic mass is 9.83. The number of hydrazone groups is 1. The number of epoxide rings is 1. The number of allylic oxidation sites excluding steroid dienone is 3. The normalized spacial score (nSPS) is 25.8. The highest BCUT2D eigenvalue weighted by molar-refractivity contribution is 8.77. The summed E-state index contributed by atoms with van der Waals surface area (Å²) in [6.07, 6.45) is 0.902. The Morgan fingerprint density at radius 2 is 1.75 bits per heavy atom. The van der Waals surface area contributed by atoms with Gasteiger partial charge in [0.05, 0.1) is 44.1 Å². The summed E-state index contributed by atoms with van der Waals surface area (Å²) < 4.78 is 34.6. The summed E-state index contributed by atoms with van der Waals surface area (Å²) in [6, 6.07) is 9.43. The minimum absolute atomic E-state index is 0.0196. The number of methoxy groups -OCH3 is 2. The zero-order chi connectivity index (χ0) is 59.6. The lowest BCUT2D eigenvalue weighted by Gasteiger charge is -2.42. The summed E-state index contributed by atoms with van der Waals surface area (Å²) in [7, 11) is 8.76. The average Bonchev–Trinajstić information content (AvgIpc) is 4.01. The van der Waals surface area contributed by atoms with Crippen LogP contribution in [-0.2, 0) is 63.8 Å². The third-order valence-electron chi connectivity index (χ3n) is 14.4. The summed E-state index contributed by atoms with van der Waals surface area (Å²) in [5, 5.41) is 19.4. The monoisotopic (exact) mass is 1180 g/mol. The van der Waals surface area contributed by atoms with Crippen LogP contribution in [0.25, 0.3) is 0 Å². The van der Waals surface area contributed by atoms with Gasteiger partial charge in [-0.25, -0.2) is 19.8 Å². The molecule has 0 radical (unpaired) electrons. The van der Waals surface area contributed by atoms with Gasteiger partial charge in [-0.15, -0.1) is 5.06 Å². The number of nitrogens with one attached hydrogen (secondary N) is 2. The summed E-state index contributed by atoms with van der Waals surface area (Å²) in [5.74, 6) is -3.10. The minimum atomic E-state index is -1.88. The van der Waals surface area contributed by atoms with E-state index in [-0.39, 0.29) is 68.4 Å². The van der Waals surface area contributed by atoms with Crippen molar-refractivity contribution in [2.75, 3.05) is 45.6 Å². The van der Waals surface area contributed by atoms with Crippen LogP contribution in [0.15, 0.2) is 65.3 Å². The Hall–Kier alpha value is -6.18. The first-order chi connectivity index (χ1) is 38.2. The fourth-order valence-corrected chi connectivity index (χ4v) is 12.2. The van der Waals surface area contributed by atoms with Crippen LogP contribution in [0.4, 0.5) is 10.5 Å². The molecule has 2 aromatic rings. The molecular weight excluding hydrogens is 1110 g/mol. The van der Waals surface area contributed by atoms with Crippen molar-refractivity contribution in [3.05, 3.63) is 76.3 Å². The van der Waals surface area contributed by atoms with E-state index in [2.05, 4.69) is 15.8 Å². The molecule has 81 heavy (non-hydrogen) atoms. The molecule has 1 unspecified atom stereocenters. The maximum atomic E-state index is 14.4. The zero-order valence-corrected chi connectivity index (χ0v) is 49.9. The Morgan fingerprint density at radius 3 is 2.42 bits per heavy atom. The number of hydrogen-bond acceptors (Lipinski definition) is 19. The molecule has 4 bridgehead atoms. The van der Waals surface area contributed by atoms with Crippen molar-refractivity contribution in [2.24, 2.45) is 11.0 Å². The molecule has 0 aliphatic carbocycles. The number of benzene rings is 2. The van der Waals surface area contributed by atoms with E-state index in [1.807, 2.05) is 26.8 Å². The lowest BCUT2D eigenvalue weighted by molar-refractivity contribution is -0.197. The second-order valence-electron chi connectivity index (χ2n) is 21.2. The highest BCUT2D eigenvalue weighted by Gasteiger charge is 2.64. The molecule has 4 heterocycles. The van der Waals surface area contributed by atoms with Crippen molar-refractivity contribution in [1.29, 1.82) is 0 Å². The van der Waals surface area contributed by atoms with Crippen LogP contribution in [0, 0.1) is 5.92 Å². The number of esters is 1. The van der Waals surface area contributed by atoms with Crippen LogP contribution in [0.5, 0.6) is 11.5 Å². The van der Waals surface area contributed by atoms with E-state index < -0.39 is 88.2 Å². The second-order valence-corrected chi connectivity index (χ2v) is 24.8. The molecule has 22 nitrogen and oxygen atoms in total. The van der Waals surface area contributed by atoms with Gasteiger partial charge in [0.15, 0.2) is 5.72 Å². The van der Waals surface area contributed by atoms with Crippen LogP contribution in [0.3, 0.4) is 0 Å². The van der Waals surface area contributed by atoms with Gasteiger partial charge in [-0.3, -0.25) is 29.3 Å². The van der Waals surface area contributed by atoms with Crippen LogP contribution in [0.2, 0.25) is 5.02 Å². The van der Waals surface area contributed by atoms with E-state index in [1.165, 1.54) is 59.6 Å². The molecule has 0 spiro atoms. The van der Waals surface area contributed by atoms with E-state index in [1.54, 1.807) is 76.4 Å². The van der Waals surface area contributed by atoms with Crippen LogP contribution >= 0.6 is 33.2 Å². The molecule has 4 aliphatic rings. The summed E-state index contributed by atoms with van der Waals surface area (Å²) in [6.45, 7) is 12.6. The molecule has 0 aromatic heterocycles. The number of imide groups is 1. The molecule has 2 aromatic carbocycles. The predicted octanol–water partition coefficient (Wildman–Crippen LogP) is 6.76. The van der Waals surface area contributed by atoms with E-state index in [0.717, 1.165) is 16.7 Å². The number of carbonyl (C=O) groups excluding carboxylic acids is 8. The van der Waals surface area contributed by atoms with Crippen molar-refractivity contribution >= 4 is 92.2 Å². The quantitative estimate of drug-likeness (QED) is 0.0235. The second kappa shape index (κ2) is 27.7. The smallest absolute Gasteiger partial charge is 0.409 e. The van der Waals surface area contributed by atoms with Gasteiger partial charge >= 0.3 is 18.0 Å². The van der Waals surface area contributed by atoms with Crippen molar-refractivity contribution in [2.45, 2.75) is 153 Å².